The van der Waals surface area contributed by atoms with Crippen molar-refractivity contribution in [2.75, 3.05) is 12.4 Å². The number of rotatable bonds is 2. The number of alkyl halides is 3. The first kappa shape index (κ1) is 11.8. The van der Waals surface area contributed by atoms with Crippen LogP contribution in [0.15, 0.2) is 24.3 Å². The highest BCUT2D eigenvalue weighted by Gasteiger charge is 2.29. The smallest absolute Gasteiger partial charge is 0.388 e. The summed E-state index contributed by atoms with van der Waals surface area (Å²) in [4.78, 5) is 0. The standard InChI is InChI=1S/C12H13F3N2/c1-8-6-9-10(16-2)4-3-5-11(9)17(8)7-12(13,14)15/h3-6,16H,7H2,1-2H3. The van der Waals surface area contributed by atoms with Gasteiger partial charge in [0.05, 0.1) is 5.52 Å². The van der Waals surface area contributed by atoms with Crippen LogP contribution in [0, 0.1) is 6.92 Å². The van der Waals surface area contributed by atoms with Gasteiger partial charge in [0.2, 0.25) is 0 Å². The molecular weight excluding hydrogens is 229 g/mol. The lowest BCUT2D eigenvalue weighted by Crippen LogP contribution is -2.18. The molecular formula is C12H13F3N2. The van der Waals surface area contributed by atoms with Crippen LogP contribution in [0.4, 0.5) is 18.9 Å². The maximum atomic E-state index is 12.5. The summed E-state index contributed by atoms with van der Waals surface area (Å²) >= 11 is 0. The highest BCUT2D eigenvalue weighted by Crippen LogP contribution is 2.29. The van der Waals surface area contributed by atoms with Gasteiger partial charge in [-0.05, 0) is 25.1 Å². The third kappa shape index (κ3) is 2.23. The maximum absolute atomic E-state index is 12.5. The van der Waals surface area contributed by atoms with Crippen LogP contribution >= 0.6 is 0 Å². The molecule has 0 unspecified atom stereocenters. The Morgan fingerprint density at radius 2 is 2.00 bits per heavy atom. The molecule has 0 spiro atoms. The van der Waals surface area contributed by atoms with Crippen molar-refractivity contribution < 1.29 is 13.2 Å². The fourth-order valence-electron chi connectivity index (χ4n) is 2.02. The zero-order valence-electron chi connectivity index (χ0n) is 9.60. The second-order valence-electron chi connectivity index (χ2n) is 3.98. The predicted molar refractivity (Wildman–Crippen MR) is 62.3 cm³/mol. The van der Waals surface area contributed by atoms with Crippen LogP contribution < -0.4 is 5.32 Å². The van der Waals surface area contributed by atoms with E-state index in [1.54, 1.807) is 32.2 Å². The van der Waals surface area contributed by atoms with Gasteiger partial charge in [0.1, 0.15) is 6.54 Å². The first-order valence-corrected chi connectivity index (χ1v) is 5.26. The largest absolute Gasteiger partial charge is 0.406 e. The molecule has 0 aliphatic heterocycles. The molecule has 1 aromatic heterocycles. The number of benzene rings is 1. The van der Waals surface area contributed by atoms with Crippen LogP contribution in [0.2, 0.25) is 0 Å². The third-order valence-electron chi connectivity index (χ3n) is 2.76. The Kier molecular flexibility index (Phi) is 2.77. The molecule has 0 saturated heterocycles. The molecule has 5 heteroatoms. The molecule has 0 fully saturated rings. The summed E-state index contributed by atoms with van der Waals surface area (Å²) in [5.41, 5.74) is 2.05. The van der Waals surface area contributed by atoms with Crippen molar-refractivity contribution in [1.29, 1.82) is 0 Å². The number of halogens is 3. The van der Waals surface area contributed by atoms with Crippen LogP contribution in [-0.2, 0) is 6.54 Å². The second-order valence-corrected chi connectivity index (χ2v) is 3.98. The minimum Gasteiger partial charge on any atom is -0.388 e. The van der Waals surface area contributed by atoms with Crippen molar-refractivity contribution >= 4 is 16.6 Å². The summed E-state index contributed by atoms with van der Waals surface area (Å²) in [6, 6.07) is 7.07. The Morgan fingerprint density at radius 3 is 2.59 bits per heavy atom. The zero-order chi connectivity index (χ0) is 12.6. The summed E-state index contributed by atoms with van der Waals surface area (Å²) < 4.78 is 38.7. The van der Waals surface area contributed by atoms with Gasteiger partial charge in [0.15, 0.2) is 0 Å². The van der Waals surface area contributed by atoms with Crippen molar-refractivity contribution in [3.8, 4) is 0 Å². The Morgan fingerprint density at radius 1 is 1.29 bits per heavy atom. The Hall–Kier alpha value is -1.65. The van der Waals surface area contributed by atoms with Crippen molar-refractivity contribution in [2.24, 2.45) is 0 Å². The van der Waals surface area contributed by atoms with E-state index in [1.165, 1.54) is 4.57 Å². The molecule has 1 heterocycles. The van der Waals surface area contributed by atoms with Gasteiger partial charge in [-0.2, -0.15) is 13.2 Å². The van der Waals surface area contributed by atoms with Crippen LogP contribution in [0.5, 0.6) is 0 Å². The molecule has 1 N–H and O–H groups in total. The lowest BCUT2D eigenvalue weighted by molar-refractivity contribution is -0.140. The normalized spacial score (nSPS) is 12.1. The van der Waals surface area contributed by atoms with Crippen LogP contribution in [0.25, 0.3) is 10.9 Å². The number of aryl methyl sites for hydroxylation is 1. The van der Waals surface area contributed by atoms with E-state index >= 15 is 0 Å². The molecule has 0 radical (unpaired) electrons. The maximum Gasteiger partial charge on any atom is 0.406 e. The Labute approximate surface area is 97.0 Å². The average molecular weight is 242 g/mol. The quantitative estimate of drug-likeness (QED) is 0.852. The molecule has 2 rings (SSSR count). The molecule has 0 aliphatic carbocycles. The van der Waals surface area contributed by atoms with Crippen LogP contribution in [0.3, 0.4) is 0 Å². The zero-order valence-corrected chi connectivity index (χ0v) is 9.60. The van der Waals surface area contributed by atoms with Crippen molar-refractivity contribution in [2.45, 2.75) is 19.6 Å². The molecule has 92 valence electrons. The molecule has 2 aromatic rings. The summed E-state index contributed by atoms with van der Waals surface area (Å²) in [5, 5.41) is 3.80. The van der Waals surface area contributed by atoms with E-state index in [0.717, 1.165) is 11.1 Å². The fourth-order valence-corrected chi connectivity index (χ4v) is 2.02. The van der Waals surface area contributed by atoms with E-state index in [1.807, 2.05) is 6.07 Å². The van der Waals surface area contributed by atoms with Crippen molar-refractivity contribution in [3.63, 3.8) is 0 Å². The van der Waals surface area contributed by atoms with Gasteiger partial charge < -0.3 is 9.88 Å². The monoisotopic (exact) mass is 242 g/mol. The fraction of sp³-hybridized carbons (Fsp3) is 0.333. The highest BCUT2D eigenvalue weighted by atomic mass is 19.4. The van der Waals surface area contributed by atoms with Gasteiger partial charge in [0.25, 0.3) is 0 Å². The van der Waals surface area contributed by atoms with E-state index < -0.39 is 12.7 Å². The number of nitrogens with zero attached hydrogens (tertiary/aromatic N) is 1. The summed E-state index contributed by atoms with van der Waals surface area (Å²) in [5.74, 6) is 0. The molecule has 0 aliphatic rings. The van der Waals surface area contributed by atoms with Crippen molar-refractivity contribution in [3.05, 3.63) is 30.0 Å². The molecule has 0 bridgehead atoms. The SMILES string of the molecule is CNc1cccc2c1cc(C)n2CC(F)(F)F. The van der Waals surface area contributed by atoms with E-state index in [-0.39, 0.29) is 0 Å². The number of hydrogen-bond acceptors (Lipinski definition) is 1. The highest BCUT2D eigenvalue weighted by molar-refractivity contribution is 5.93. The molecule has 2 nitrogen and oxygen atoms in total. The van der Waals surface area contributed by atoms with Gasteiger partial charge in [-0.3, -0.25) is 0 Å². The van der Waals surface area contributed by atoms with E-state index in [2.05, 4.69) is 5.32 Å². The third-order valence-corrected chi connectivity index (χ3v) is 2.76. The first-order valence-electron chi connectivity index (χ1n) is 5.26. The number of anilines is 1. The summed E-state index contributed by atoms with van der Waals surface area (Å²) in [7, 11) is 1.76. The van der Waals surface area contributed by atoms with Crippen LogP contribution in [0.1, 0.15) is 5.69 Å². The minimum atomic E-state index is -4.20. The molecule has 1 aromatic carbocycles. The number of aromatic nitrogens is 1. The lowest BCUT2D eigenvalue weighted by Gasteiger charge is -2.11. The average Bonchev–Trinajstić information content (AvgIpc) is 2.53. The molecule has 0 amide bonds. The van der Waals surface area contributed by atoms with E-state index in [0.29, 0.717) is 11.2 Å². The number of nitrogens with one attached hydrogen (secondary N) is 1. The van der Waals surface area contributed by atoms with Gasteiger partial charge in [0, 0.05) is 23.8 Å². The van der Waals surface area contributed by atoms with Gasteiger partial charge in [-0.15, -0.1) is 0 Å². The Bertz CT molecular complexity index is 540. The first-order chi connectivity index (χ1) is 7.92. The summed E-state index contributed by atoms with van der Waals surface area (Å²) in [6.07, 6.45) is -4.20. The molecule has 17 heavy (non-hydrogen) atoms. The Balaban J connectivity index is 2.60. The topological polar surface area (TPSA) is 17.0 Å². The van der Waals surface area contributed by atoms with E-state index in [9.17, 15) is 13.2 Å². The van der Waals surface area contributed by atoms with E-state index in [4.69, 9.17) is 0 Å². The number of fused-ring (bicyclic) bond motifs is 1. The minimum absolute atomic E-state index is 0.603. The molecule has 0 atom stereocenters. The predicted octanol–water partition coefficient (Wildman–Crippen LogP) is 3.55. The van der Waals surface area contributed by atoms with Gasteiger partial charge in [-0.25, -0.2) is 0 Å². The van der Waals surface area contributed by atoms with Crippen LogP contribution in [-0.4, -0.2) is 17.8 Å². The summed E-state index contributed by atoms with van der Waals surface area (Å²) in [6.45, 7) is 0.737. The lowest BCUT2D eigenvalue weighted by atomic mass is 10.2. The van der Waals surface area contributed by atoms with Gasteiger partial charge >= 0.3 is 6.18 Å². The number of hydrogen-bond donors (Lipinski definition) is 1. The van der Waals surface area contributed by atoms with Crippen molar-refractivity contribution in [1.82, 2.24) is 4.57 Å². The van der Waals surface area contributed by atoms with Gasteiger partial charge in [-0.1, -0.05) is 6.07 Å². The second kappa shape index (κ2) is 3.98. The molecule has 0 saturated carbocycles.